The largest absolute Gasteiger partial charge is 0.343 e. The summed E-state index contributed by atoms with van der Waals surface area (Å²) >= 11 is 5.14. The van der Waals surface area contributed by atoms with Gasteiger partial charge in [-0.1, -0.05) is 60.7 Å². The van der Waals surface area contributed by atoms with Crippen molar-refractivity contribution in [1.29, 1.82) is 0 Å². The molecule has 0 bridgehead atoms. The topological polar surface area (TPSA) is 29.1 Å². The van der Waals surface area contributed by atoms with Crippen LogP contribution in [0.25, 0.3) is 0 Å². The number of carbonyl (C=O) groups excluding carboxylic acids is 1. The van der Waals surface area contributed by atoms with Crippen LogP contribution in [-0.4, -0.2) is 10.8 Å². The molecular formula is C15H13NOS. The maximum atomic E-state index is 12.1. The number of hydrogen-bond donors (Lipinski definition) is 1. The van der Waals surface area contributed by atoms with Gasteiger partial charge in [-0.3, -0.25) is 4.79 Å². The first-order valence-corrected chi connectivity index (χ1v) is 6.05. The Balaban J connectivity index is 2.14. The van der Waals surface area contributed by atoms with E-state index in [4.69, 9.17) is 12.2 Å². The molecule has 2 aromatic carbocycles. The Morgan fingerprint density at radius 2 is 1.61 bits per heavy atom. The molecule has 0 aromatic heterocycles. The van der Waals surface area contributed by atoms with Crippen LogP contribution in [-0.2, 0) is 0 Å². The molecule has 3 heteroatoms. The fraction of sp³-hybridized carbons (Fsp3) is 0.0667. The van der Waals surface area contributed by atoms with Gasteiger partial charge in [-0.25, -0.2) is 0 Å². The lowest BCUT2D eigenvalue weighted by Gasteiger charge is -2.09. The van der Waals surface area contributed by atoms with Crippen molar-refractivity contribution in [3.63, 3.8) is 0 Å². The number of aryl methyl sites for hydroxylation is 1. The molecular weight excluding hydrogens is 242 g/mol. The van der Waals surface area contributed by atoms with E-state index in [-0.39, 0.29) is 10.8 Å². The van der Waals surface area contributed by atoms with E-state index in [2.05, 4.69) is 5.32 Å². The first kappa shape index (κ1) is 12.5. The zero-order valence-electron chi connectivity index (χ0n) is 10.0. The van der Waals surface area contributed by atoms with Gasteiger partial charge in [0.05, 0.1) is 0 Å². The van der Waals surface area contributed by atoms with E-state index in [0.29, 0.717) is 5.56 Å². The van der Waals surface area contributed by atoms with E-state index in [1.54, 1.807) is 12.1 Å². The van der Waals surface area contributed by atoms with Crippen LogP contribution < -0.4 is 5.32 Å². The van der Waals surface area contributed by atoms with Crippen molar-refractivity contribution in [2.75, 3.05) is 5.32 Å². The Kier molecular flexibility index (Phi) is 3.85. The van der Waals surface area contributed by atoms with Crippen LogP contribution in [0, 0.1) is 6.92 Å². The first-order valence-electron chi connectivity index (χ1n) is 5.65. The zero-order valence-corrected chi connectivity index (χ0v) is 10.8. The molecule has 2 nitrogen and oxygen atoms in total. The minimum atomic E-state index is -0.158. The molecule has 1 N–H and O–H groups in total. The second-order valence-electron chi connectivity index (χ2n) is 3.96. The van der Waals surface area contributed by atoms with Crippen molar-refractivity contribution in [1.82, 2.24) is 0 Å². The number of nitrogens with one attached hydrogen (secondary N) is 1. The molecule has 0 fully saturated rings. The summed E-state index contributed by atoms with van der Waals surface area (Å²) < 4.78 is 0. The molecule has 0 radical (unpaired) electrons. The highest BCUT2D eigenvalue weighted by molar-refractivity contribution is 7.82. The second-order valence-corrected chi connectivity index (χ2v) is 4.37. The number of hydrogen-bond acceptors (Lipinski definition) is 2. The van der Waals surface area contributed by atoms with Crippen LogP contribution >= 0.6 is 12.2 Å². The maximum Gasteiger partial charge on any atom is 0.220 e. The number of ketones is 1. The fourth-order valence-corrected chi connectivity index (χ4v) is 1.84. The lowest BCUT2D eigenvalue weighted by Crippen LogP contribution is -2.21. The van der Waals surface area contributed by atoms with Gasteiger partial charge in [0.1, 0.15) is 0 Å². The standard InChI is InChI=1S/C15H13NOS/c1-11-7-5-6-10-13(11)16-15(18)14(17)12-8-3-2-4-9-12/h2-10H,1H3,(H,16,18). The smallest absolute Gasteiger partial charge is 0.220 e. The van der Waals surface area contributed by atoms with Crippen molar-refractivity contribution < 1.29 is 4.79 Å². The molecule has 0 atom stereocenters. The second kappa shape index (κ2) is 5.56. The minimum Gasteiger partial charge on any atom is -0.343 e. The molecule has 0 aliphatic carbocycles. The van der Waals surface area contributed by atoms with Crippen LogP contribution in [0.1, 0.15) is 15.9 Å². The number of rotatable bonds is 3. The van der Waals surface area contributed by atoms with Gasteiger partial charge in [-0.15, -0.1) is 0 Å². The Hall–Kier alpha value is -2.00. The normalized spacial score (nSPS) is 9.83. The van der Waals surface area contributed by atoms with Gasteiger partial charge < -0.3 is 5.32 Å². The monoisotopic (exact) mass is 255 g/mol. The van der Waals surface area contributed by atoms with Crippen molar-refractivity contribution in [2.24, 2.45) is 0 Å². The Bertz CT molecular complexity index is 578. The lowest BCUT2D eigenvalue weighted by molar-refractivity contribution is 0.106. The number of benzene rings is 2. The highest BCUT2D eigenvalue weighted by atomic mass is 32.1. The predicted molar refractivity (Wildman–Crippen MR) is 78.2 cm³/mol. The summed E-state index contributed by atoms with van der Waals surface area (Å²) in [7, 11) is 0. The van der Waals surface area contributed by atoms with E-state index in [1.165, 1.54) is 0 Å². The highest BCUT2D eigenvalue weighted by Gasteiger charge is 2.12. The summed E-state index contributed by atoms with van der Waals surface area (Å²) in [5.41, 5.74) is 2.52. The average Bonchev–Trinajstić information content (AvgIpc) is 2.41. The molecule has 0 spiro atoms. The first-order chi connectivity index (χ1) is 8.68. The predicted octanol–water partition coefficient (Wildman–Crippen LogP) is 3.62. The van der Waals surface area contributed by atoms with E-state index < -0.39 is 0 Å². The average molecular weight is 255 g/mol. The quantitative estimate of drug-likeness (QED) is 0.671. The number of anilines is 1. The van der Waals surface area contributed by atoms with Gasteiger partial charge in [0.2, 0.25) is 5.78 Å². The number of Topliss-reactive ketones (excluding diaryl/α,β-unsaturated/α-hetero) is 1. The Morgan fingerprint density at radius 1 is 1.00 bits per heavy atom. The van der Waals surface area contributed by atoms with Crippen LogP contribution in [0.15, 0.2) is 54.6 Å². The molecule has 0 heterocycles. The molecule has 0 saturated heterocycles. The summed E-state index contributed by atoms with van der Waals surface area (Å²) in [6.07, 6.45) is 0. The SMILES string of the molecule is Cc1ccccc1NC(=S)C(=O)c1ccccc1. The van der Waals surface area contributed by atoms with Crippen LogP contribution in [0.3, 0.4) is 0 Å². The lowest BCUT2D eigenvalue weighted by atomic mass is 10.1. The summed E-state index contributed by atoms with van der Waals surface area (Å²) in [4.78, 5) is 12.3. The minimum absolute atomic E-state index is 0.158. The summed E-state index contributed by atoms with van der Waals surface area (Å²) in [5.74, 6) is -0.158. The third kappa shape index (κ3) is 2.81. The van der Waals surface area contributed by atoms with Gasteiger partial charge in [0, 0.05) is 11.3 Å². The molecule has 0 aliphatic rings. The van der Waals surface area contributed by atoms with Gasteiger partial charge >= 0.3 is 0 Å². The highest BCUT2D eigenvalue weighted by Crippen LogP contribution is 2.14. The number of carbonyl (C=O) groups is 1. The molecule has 18 heavy (non-hydrogen) atoms. The van der Waals surface area contributed by atoms with Crippen LogP contribution in [0.4, 0.5) is 5.69 Å². The van der Waals surface area contributed by atoms with Crippen molar-refractivity contribution in [3.05, 3.63) is 65.7 Å². The van der Waals surface area contributed by atoms with Gasteiger partial charge in [-0.2, -0.15) is 0 Å². The van der Waals surface area contributed by atoms with Gasteiger partial charge in [0.25, 0.3) is 0 Å². The molecule has 0 amide bonds. The van der Waals surface area contributed by atoms with Crippen LogP contribution in [0.2, 0.25) is 0 Å². The van der Waals surface area contributed by atoms with Crippen molar-refractivity contribution >= 4 is 28.7 Å². The third-order valence-electron chi connectivity index (χ3n) is 2.64. The number of thiocarbonyl (C=S) groups is 1. The van der Waals surface area contributed by atoms with E-state index >= 15 is 0 Å². The molecule has 2 rings (SSSR count). The maximum absolute atomic E-state index is 12.1. The van der Waals surface area contributed by atoms with E-state index in [9.17, 15) is 4.79 Å². The molecule has 90 valence electrons. The van der Waals surface area contributed by atoms with E-state index in [0.717, 1.165) is 11.3 Å². The van der Waals surface area contributed by atoms with Gasteiger partial charge in [-0.05, 0) is 18.6 Å². The van der Waals surface area contributed by atoms with Crippen molar-refractivity contribution in [2.45, 2.75) is 6.92 Å². The molecule has 2 aromatic rings. The molecule has 0 unspecified atom stereocenters. The zero-order chi connectivity index (χ0) is 13.0. The van der Waals surface area contributed by atoms with Crippen LogP contribution in [0.5, 0.6) is 0 Å². The molecule has 0 aliphatic heterocycles. The fourth-order valence-electron chi connectivity index (χ4n) is 1.61. The third-order valence-corrected chi connectivity index (χ3v) is 2.92. The van der Waals surface area contributed by atoms with Crippen molar-refractivity contribution in [3.8, 4) is 0 Å². The summed E-state index contributed by atoms with van der Waals surface area (Å²) in [6.45, 7) is 1.97. The Morgan fingerprint density at radius 3 is 2.28 bits per heavy atom. The van der Waals surface area contributed by atoms with E-state index in [1.807, 2.05) is 49.4 Å². The Labute approximate surface area is 112 Å². The number of para-hydroxylation sites is 1. The molecule has 0 saturated carbocycles. The summed E-state index contributed by atoms with van der Waals surface area (Å²) in [6, 6.07) is 16.8. The van der Waals surface area contributed by atoms with Gasteiger partial charge in [0.15, 0.2) is 4.99 Å². The summed E-state index contributed by atoms with van der Waals surface area (Å²) in [5, 5.41) is 2.99.